The van der Waals surface area contributed by atoms with Crippen LogP contribution in [0.4, 0.5) is 17.6 Å². The molecular weight excluding hydrogens is 410 g/mol. The summed E-state index contributed by atoms with van der Waals surface area (Å²) in [4.78, 5) is 16.7. The van der Waals surface area contributed by atoms with E-state index in [0.29, 0.717) is 50.0 Å². The lowest BCUT2D eigenvalue weighted by Crippen LogP contribution is -2.57. The Hall–Kier alpha value is -2.35. The molecule has 1 spiro atoms. The molecule has 2 aliphatic heterocycles. The summed E-state index contributed by atoms with van der Waals surface area (Å²) in [5.74, 6) is -0.273. The normalized spacial score (nSPS) is 21.4. The Balaban J connectivity index is 1.38. The first-order valence-corrected chi connectivity index (χ1v) is 10.8. The molecule has 2 fully saturated rings. The SMILES string of the molecule is CN1CCn2c(C(F)(F)F)cc(F)c2C12CCN(C(=O)c1ccc(C3CC3)cc1)CC2. The van der Waals surface area contributed by atoms with Crippen molar-refractivity contribution in [2.75, 3.05) is 26.7 Å². The molecule has 1 saturated heterocycles. The van der Waals surface area contributed by atoms with Crippen LogP contribution in [0.25, 0.3) is 0 Å². The van der Waals surface area contributed by atoms with Crippen molar-refractivity contribution in [3.05, 3.63) is 58.7 Å². The van der Waals surface area contributed by atoms with Gasteiger partial charge in [-0.15, -0.1) is 0 Å². The Morgan fingerprint density at radius 3 is 2.26 bits per heavy atom. The van der Waals surface area contributed by atoms with Gasteiger partial charge in [-0.25, -0.2) is 4.39 Å². The van der Waals surface area contributed by atoms with Crippen molar-refractivity contribution in [3.8, 4) is 0 Å². The number of aromatic nitrogens is 1. The van der Waals surface area contributed by atoms with Gasteiger partial charge in [0.25, 0.3) is 5.91 Å². The van der Waals surface area contributed by atoms with Gasteiger partial charge in [-0.3, -0.25) is 9.69 Å². The van der Waals surface area contributed by atoms with Gasteiger partial charge in [-0.1, -0.05) is 12.1 Å². The van der Waals surface area contributed by atoms with Gasteiger partial charge in [0.1, 0.15) is 11.5 Å². The third-order valence-corrected chi connectivity index (χ3v) is 7.26. The third kappa shape index (κ3) is 3.35. The monoisotopic (exact) mass is 435 g/mol. The van der Waals surface area contributed by atoms with Gasteiger partial charge >= 0.3 is 6.18 Å². The van der Waals surface area contributed by atoms with Crippen LogP contribution in [0, 0.1) is 5.82 Å². The summed E-state index contributed by atoms with van der Waals surface area (Å²) >= 11 is 0. The van der Waals surface area contributed by atoms with Crippen molar-refractivity contribution in [3.63, 3.8) is 0 Å². The average Bonchev–Trinajstić information content (AvgIpc) is 3.53. The molecule has 0 unspecified atom stereocenters. The summed E-state index contributed by atoms with van der Waals surface area (Å²) in [6, 6.07) is 8.34. The van der Waals surface area contributed by atoms with Crippen LogP contribution >= 0.6 is 0 Å². The second kappa shape index (κ2) is 7.08. The Bertz CT molecular complexity index is 999. The number of piperidine rings is 1. The fraction of sp³-hybridized carbons (Fsp3) is 0.522. The predicted octanol–water partition coefficient (Wildman–Crippen LogP) is 4.60. The van der Waals surface area contributed by atoms with Gasteiger partial charge in [0.15, 0.2) is 0 Å². The molecule has 0 bridgehead atoms. The number of alkyl halides is 3. The first kappa shape index (κ1) is 20.5. The Kier molecular flexibility index (Phi) is 4.70. The number of likely N-dealkylation sites (tertiary alicyclic amines) is 1. The minimum atomic E-state index is -4.60. The summed E-state index contributed by atoms with van der Waals surface area (Å²) in [7, 11) is 1.83. The molecule has 166 valence electrons. The standard InChI is InChI=1S/C23H25F4N3O/c1-28-12-13-30-19(23(25,26)27)14-18(24)20(30)22(28)8-10-29(11-9-22)21(31)17-6-4-16(5-7-17)15-2-3-15/h4-7,14-15H,2-3,8-13H2,1H3. The molecule has 1 aromatic carbocycles. The molecule has 8 heteroatoms. The van der Waals surface area contributed by atoms with Crippen LogP contribution in [0.2, 0.25) is 0 Å². The van der Waals surface area contributed by atoms with Crippen molar-refractivity contribution in [1.82, 2.24) is 14.4 Å². The molecule has 0 radical (unpaired) electrons. The first-order chi connectivity index (χ1) is 14.7. The van der Waals surface area contributed by atoms with Gasteiger partial charge in [0, 0.05) is 37.8 Å². The molecule has 1 saturated carbocycles. The number of nitrogens with zero attached hydrogens (tertiary/aromatic N) is 3. The summed E-state index contributed by atoms with van der Waals surface area (Å²) in [5, 5.41) is 0. The van der Waals surface area contributed by atoms with Gasteiger partial charge in [0.2, 0.25) is 0 Å². The number of likely N-dealkylation sites (N-methyl/N-ethyl adjacent to an activating group) is 1. The number of carbonyl (C=O) groups excluding carboxylic acids is 1. The van der Waals surface area contributed by atoms with Gasteiger partial charge < -0.3 is 9.47 Å². The molecule has 4 nitrogen and oxygen atoms in total. The predicted molar refractivity (Wildman–Crippen MR) is 107 cm³/mol. The smallest absolute Gasteiger partial charge is 0.338 e. The van der Waals surface area contributed by atoms with Crippen molar-refractivity contribution >= 4 is 5.91 Å². The lowest BCUT2D eigenvalue weighted by Gasteiger charge is -2.50. The third-order valence-electron chi connectivity index (χ3n) is 7.26. The maximum atomic E-state index is 14.8. The Labute approximate surface area is 178 Å². The van der Waals surface area contributed by atoms with E-state index >= 15 is 0 Å². The van der Waals surface area contributed by atoms with Gasteiger partial charge in [0.05, 0.1) is 11.2 Å². The van der Waals surface area contributed by atoms with Crippen LogP contribution in [0.1, 0.15) is 58.9 Å². The maximum Gasteiger partial charge on any atom is 0.431 e. The zero-order valence-electron chi connectivity index (χ0n) is 17.4. The molecule has 2 aromatic rings. The molecule has 0 atom stereocenters. The summed E-state index contributed by atoms with van der Waals surface area (Å²) < 4.78 is 56.2. The van der Waals surface area contributed by atoms with E-state index in [1.807, 2.05) is 36.2 Å². The van der Waals surface area contributed by atoms with Crippen LogP contribution in [0.3, 0.4) is 0 Å². The summed E-state index contributed by atoms with van der Waals surface area (Å²) in [6.45, 7) is 1.25. The van der Waals surface area contributed by atoms with Crippen LogP contribution in [-0.4, -0.2) is 47.0 Å². The van der Waals surface area contributed by atoms with E-state index in [1.165, 1.54) is 18.4 Å². The number of halogens is 4. The minimum absolute atomic E-state index is 0.0810. The van der Waals surface area contributed by atoms with Gasteiger partial charge in [-0.2, -0.15) is 13.2 Å². The van der Waals surface area contributed by atoms with E-state index in [0.717, 1.165) is 4.57 Å². The first-order valence-electron chi connectivity index (χ1n) is 10.8. The number of hydrogen-bond acceptors (Lipinski definition) is 2. The number of hydrogen-bond donors (Lipinski definition) is 0. The number of carbonyl (C=O) groups is 1. The molecule has 5 rings (SSSR count). The summed E-state index contributed by atoms with van der Waals surface area (Å²) in [5.41, 5.74) is 0.218. The molecule has 3 heterocycles. The molecule has 1 aliphatic carbocycles. The van der Waals surface area contributed by atoms with E-state index < -0.39 is 23.2 Å². The van der Waals surface area contributed by atoms with E-state index in [4.69, 9.17) is 0 Å². The largest absolute Gasteiger partial charge is 0.431 e. The van der Waals surface area contributed by atoms with E-state index in [1.54, 1.807) is 4.90 Å². The second-order valence-corrected chi connectivity index (χ2v) is 9.02. The van der Waals surface area contributed by atoms with E-state index in [9.17, 15) is 22.4 Å². The van der Waals surface area contributed by atoms with Gasteiger partial charge in [-0.05, 0) is 56.3 Å². The molecule has 1 aromatic heterocycles. The zero-order chi connectivity index (χ0) is 22.0. The van der Waals surface area contributed by atoms with E-state index in [-0.39, 0.29) is 18.1 Å². The number of benzene rings is 1. The minimum Gasteiger partial charge on any atom is -0.338 e. The lowest BCUT2D eigenvalue weighted by molar-refractivity contribution is -0.144. The quantitative estimate of drug-likeness (QED) is 0.645. The molecular formula is C23H25F4N3O. The van der Waals surface area contributed by atoms with Crippen LogP contribution in [0.5, 0.6) is 0 Å². The highest BCUT2D eigenvalue weighted by molar-refractivity contribution is 5.94. The van der Waals surface area contributed by atoms with Crippen LogP contribution < -0.4 is 0 Å². The zero-order valence-corrected chi connectivity index (χ0v) is 17.4. The highest BCUT2D eigenvalue weighted by Crippen LogP contribution is 2.45. The van der Waals surface area contributed by atoms with Crippen molar-refractivity contribution in [2.24, 2.45) is 0 Å². The molecule has 31 heavy (non-hydrogen) atoms. The van der Waals surface area contributed by atoms with E-state index in [2.05, 4.69) is 0 Å². The highest BCUT2D eigenvalue weighted by atomic mass is 19.4. The topological polar surface area (TPSA) is 28.5 Å². The summed E-state index contributed by atoms with van der Waals surface area (Å²) in [6.07, 6.45) is -1.41. The highest BCUT2D eigenvalue weighted by Gasteiger charge is 2.49. The lowest BCUT2D eigenvalue weighted by atomic mass is 9.81. The fourth-order valence-electron chi connectivity index (χ4n) is 5.30. The van der Waals surface area contributed by atoms with Crippen molar-refractivity contribution in [1.29, 1.82) is 0 Å². The number of amides is 1. The molecule has 0 N–H and O–H groups in total. The van der Waals surface area contributed by atoms with Crippen LogP contribution in [-0.2, 0) is 18.3 Å². The second-order valence-electron chi connectivity index (χ2n) is 9.02. The molecule has 1 amide bonds. The number of rotatable bonds is 2. The molecule has 3 aliphatic rings. The number of fused-ring (bicyclic) bond motifs is 2. The average molecular weight is 435 g/mol. The van der Waals surface area contributed by atoms with Crippen LogP contribution in [0.15, 0.2) is 30.3 Å². The van der Waals surface area contributed by atoms with Crippen molar-refractivity contribution in [2.45, 2.75) is 49.9 Å². The van der Waals surface area contributed by atoms with Crippen molar-refractivity contribution < 1.29 is 22.4 Å². The maximum absolute atomic E-state index is 14.8. The fourth-order valence-corrected chi connectivity index (χ4v) is 5.30. The Morgan fingerprint density at radius 2 is 1.68 bits per heavy atom. The Morgan fingerprint density at radius 1 is 1.03 bits per heavy atom.